The molecule has 1 amide bonds. The van der Waals surface area contributed by atoms with Gasteiger partial charge in [-0.3, -0.25) is 4.79 Å². The van der Waals surface area contributed by atoms with E-state index in [0.717, 1.165) is 12.1 Å². The Morgan fingerprint density at radius 1 is 1.53 bits per heavy atom. The first-order chi connectivity index (χ1) is 7.04. The highest BCUT2D eigenvalue weighted by Gasteiger charge is 2.13. The lowest BCUT2D eigenvalue weighted by atomic mass is 10.2. The molecule has 1 rings (SSSR count). The van der Waals surface area contributed by atoms with E-state index in [1.165, 1.54) is 0 Å². The maximum absolute atomic E-state index is 13.1. The van der Waals surface area contributed by atoms with Crippen molar-refractivity contribution in [3.63, 3.8) is 0 Å². The van der Waals surface area contributed by atoms with E-state index in [2.05, 4.69) is 5.32 Å². The van der Waals surface area contributed by atoms with Crippen molar-refractivity contribution in [3.05, 3.63) is 35.4 Å². The number of nitrogens with one attached hydrogen (secondary N) is 1. The van der Waals surface area contributed by atoms with E-state index >= 15 is 0 Å². The van der Waals surface area contributed by atoms with Gasteiger partial charge >= 0.3 is 0 Å². The van der Waals surface area contributed by atoms with Crippen LogP contribution in [0.3, 0.4) is 0 Å². The van der Waals surface area contributed by atoms with Gasteiger partial charge in [0.1, 0.15) is 11.6 Å². The van der Waals surface area contributed by atoms with Gasteiger partial charge in [0.05, 0.1) is 5.56 Å². The van der Waals surface area contributed by atoms with Gasteiger partial charge in [0.25, 0.3) is 5.91 Å². The molecule has 15 heavy (non-hydrogen) atoms. The Labute approximate surface area is 91.2 Å². The van der Waals surface area contributed by atoms with Crippen LogP contribution in [-0.2, 0) is 0 Å². The highest BCUT2D eigenvalue weighted by molar-refractivity contribution is 6.18. The summed E-state index contributed by atoms with van der Waals surface area (Å²) in [5.41, 5.74) is -0.187. The first-order valence-electron chi connectivity index (χ1n) is 4.36. The van der Waals surface area contributed by atoms with Gasteiger partial charge in [-0.25, -0.2) is 8.78 Å². The van der Waals surface area contributed by atoms with Gasteiger partial charge in [0, 0.05) is 18.0 Å². The van der Waals surface area contributed by atoms with Gasteiger partial charge < -0.3 is 5.32 Å². The number of hydrogen-bond donors (Lipinski definition) is 1. The minimum Gasteiger partial charge on any atom is -0.348 e. The number of alkyl halides is 1. The average Bonchev–Trinajstić information content (AvgIpc) is 2.17. The molecule has 0 aliphatic rings. The number of rotatable bonds is 3. The van der Waals surface area contributed by atoms with Gasteiger partial charge in [0.2, 0.25) is 0 Å². The Hall–Kier alpha value is -1.16. The van der Waals surface area contributed by atoms with Crippen LogP contribution in [0.2, 0.25) is 0 Å². The Morgan fingerprint density at radius 2 is 2.20 bits per heavy atom. The van der Waals surface area contributed by atoms with Crippen LogP contribution in [0.1, 0.15) is 17.3 Å². The molecule has 1 unspecified atom stereocenters. The largest absolute Gasteiger partial charge is 0.348 e. The van der Waals surface area contributed by atoms with Crippen LogP contribution in [0.15, 0.2) is 18.2 Å². The van der Waals surface area contributed by atoms with Crippen LogP contribution < -0.4 is 5.32 Å². The van der Waals surface area contributed by atoms with Crippen molar-refractivity contribution in [3.8, 4) is 0 Å². The van der Waals surface area contributed by atoms with E-state index < -0.39 is 17.5 Å². The molecule has 0 aliphatic heterocycles. The molecule has 1 aromatic rings. The Balaban J connectivity index is 2.82. The second kappa shape index (κ2) is 5.07. The molecule has 1 N–H and O–H groups in total. The topological polar surface area (TPSA) is 29.1 Å². The van der Waals surface area contributed by atoms with Crippen molar-refractivity contribution in [1.82, 2.24) is 5.32 Å². The van der Waals surface area contributed by atoms with E-state index in [0.29, 0.717) is 6.07 Å². The maximum Gasteiger partial charge on any atom is 0.254 e. The smallest absolute Gasteiger partial charge is 0.254 e. The van der Waals surface area contributed by atoms with Crippen molar-refractivity contribution in [2.24, 2.45) is 0 Å². The highest BCUT2D eigenvalue weighted by Crippen LogP contribution is 2.09. The minimum atomic E-state index is -0.880. The SMILES string of the molecule is CC(CCl)NC(=O)c1ccc(F)cc1F. The average molecular weight is 234 g/mol. The summed E-state index contributed by atoms with van der Waals surface area (Å²) < 4.78 is 25.7. The number of halogens is 3. The molecule has 0 bridgehead atoms. The third-order valence-corrected chi connectivity index (χ3v) is 2.25. The van der Waals surface area contributed by atoms with Crippen LogP contribution in [0.4, 0.5) is 8.78 Å². The molecule has 0 fully saturated rings. The van der Waals surface area contributed by atoms with E-state index in [-0.39, 0.29) is 17.5 Å². The molecular weight excluding hydrogens is 224 g/mol. The second-order valence-corrected chi connectivity index (χ2v) is 3.46. The van der Waals surface area contributed by atoms with Gasteiger partial charge in [-0.2, -0.15) is 0 Å². The number of hydrogen-bond acceptors (Lipinski definition) is 1. The molecule has 82 valence electrons. The summed E-state index contributed by atoms with van der Waals surface area (Å²) in [5.74, 6) is -1.96. The van der Waals surface area contributed by atoms with Crippen LogP contribution >= 0.6 is 11.6 Å². The third-order valence-electron chi connectivity index (χ3n) is 1.78. The van der Waals surface area contributed by atoms with Gasteiger partial charge in [-0.1, -0.05) is 0 Å². The number of carbonyl (C=O) groups is 1. The molecule has 1 aromatic carbocycles. The molecule has 0 radical (unpaired) electrons. The first-order valence-corrected chi connectivity index (χ1v) is 4.90. The lowest BCUT2D eigenvalue weighted by Gasteiger charge is -2.10. The fraction of sp³-hybridized carbons (Fsp3) is 0.300. The van der Waals surface area contributed by atoms with Crippen molar-refractivity contribution in [2.75, 3.05) is 5.88 Å². The zero-order valence-corrected chi connectivity index (χ0v) is 8.81. The van der Waals surface area contributed by atoms with Crippen molar-refractivity contribution >= 4 is 17.5 Å². The monoisotopic (exact) mass is 233 g/mol. The van der Waals surface area contributed by atoms with E-state index in [1.807, 2.05) is 0 Å². The molecule has 0 spiro atoms. The van der Waals surface area contributed by atoms with Crippen LogP contribution in [0, 0.1) is 11.6 Å². The van der Waals surface area contributed by atoms with Crippen molar-refractivity contribution in [2.45, 2.75) is 13.0 Å². The molecule has 0 aromatic heterocycles. The van der Waals surface area contributed by atoms with Crippen LogP contribution in [0.5, 0.6) is 0 Å². The summed E-state index contributed by atoms with van der Waals surface area (Å²) in [6.45, 7) is 1.69. The number of amides is 1. The van der Waals surface area contributed by atoms with Gasteiger partial charge in [0.15, 0.2) is 0 Å². The van der Waals surface area contributed by atoms with Crippen molar-refractivity contribution < 1.29 is 13.6 Å². The van der Waals surface area contributed by atoms with Crippen molar-refractivity contribution in [1.29, 1.82) is 0 Å². The molecule has 0 saturated heterocycles. The lowest BCUT2D eigenvalue weighted by molar-refractivity contribution is 0.0939. The summed E-state index contributed by atoms with van der Waals surface area (Å²) in [6.07, 6.45) is 0. The number of benzene rings is 1. The molecule has 0 heterocycles. The third kappa shape index (κ3) is 3.16. The zero-order chi connectivity index (χ0) is 11.4. The standard InChI is InChI=1S/C10H10ClF2NO/c1-6(5-11)14-10(15)8-3-2-7(12)4-9(8)13/h2-4,6H,5H2,1H3,(H,14,15). The van der Waals surface area contributed by atoms with Gasteiger partial charge in [-0.15, -0.1) is 11.6 Å². The molecular formula is C10H10ClF2NO. The highest BCUT2D eigenvalue weighted by atomic mass is 35.5. The summed E-state index contributed by atoms with van der Waals surface area (Å²) in [7, 11) is 0. The second-order valence-electron chi connectivity index (χ2n) is 3.15. The molecule has 0 aliphatic carbocycles. The van der Waals surface area contributed by atoms with Crippen LogP contribution in [-0.4, -0.2) is 17.8 Å². The predicted molar refractivity (Wildman–Crippen MR) is 54.0 cm³/mol. The summed E-state index contributed by atoms with van der Waals surface area (Å²) in [5, 5.41) is 2.47. The van der Waals surface area contributed by atoms with Gasteiger partial charge in [-0.05, 0) is 19.1 Å². The Kier molecular flexibility index (Phi) is 4.03. The minimum absolute atomic E-state index is 0.187. The molecule has 0 saturated carbocycles. The lowest BCUT2D eigenvalue weighted by Crippen LogP contribution is -2.34. The predicted octanol–water partition coefficient (Wildman–Crippen LogP) is 2.32. The maximum atomic E-state index is 13.1. The van der Waals surface area contributed by atoms with E-state index in [1.54, 1.807) is 6.92 Å². The van der Waals surface area contributed by atoms with Crippen LogP contribution in [0.25, 0.3) is 0 Å². The fourth-order valence-corrected chi connectivity index (χ4v) is 1.09. The Bertz CT molecular complexity index is 370. The summed E-state index contributed by atoms with van der Waals surface area (Å²) >= 11 is 5.48. The normalized spacial score (nSPS) is 12.3. The summed E-state index contributed by atoms with van der Waals surface area (Å²) in [4.78, 5) is 11.4. The molecule has 2 nitrogen and oxygen atoms in total. The molecule has 1 atom stereocenters. The van der Waals surface area contributed by atoms with E-state index in [4.69, 9.17) is 11.6 Å². The fourth-order valence-electron chi connectivity index (χ4n) is 1.01. The first kappa shape index (κ1) is 11.9. The Morgan fingerprint density at radius 3 is 2.73 bits per heavy atom. The zero-order valence-electron chi connectivity index (χ0n) is 8.06. The quantitative estimate of drug-likeness (QED) is 0.798. The molecule has 5 heteroatoms. The number of carbonyl (C=O) groups excluding carboxylic acids is 1. The summed E-state index contributed by atoms with van der Waals surface area (Å²) in [6, 6.07) is 2.54. The van der Waals surface area contributed by atoms with E-state index in [9.17, 15) is 13.6 Å².